The molecule has 122 valence electrons. The lowest BCUT2D eigenvalue weighted by atomic mass is 10.0. The summed E-state index contributed by atoms with van der Waals surface area (Å²) < 4.78 is 12.4. The standard InChI is InChI=1S/C17H21N3O3/c1-11-7-8-23-16(11)17(21)18-15-10-14(19-20(15)2)12-5-4-6-13(9-12)22-3/h4-6,9-11,16H,7-8H2,1-3H3,(H,18,21)/t11-,16-/m1/s1. The lowest BCUT2D eigenvalue weighted by Gasteiger charge is -2.14. The number of nitrogens with zero attached hydrogens (tertiary/aromatic N) is 2. The molecule has 0 saturated carbocycles. The van der Waals surface area contributed by atoms with Crippen LogP contribution in [0.25, 0.3) is 11.3 Å². The largest absolute Gasteiger partial charge is 0.497 e. The molecule has 0 aliphatic carbocycles. The fourth-order valence-corrected chi connectivity index (χ4v) is 2.74. The molecule has 1 N–H and O–H groups in total. The lowest BCUT2D eigenvalue weighted by molar-refractivity contribution is -0.126. The molecule has 1 amide bonds. The van der Waals surface area contributed by atoms with Gasteiger partial charge in [-0.1, -0.05) is 19.1 Å². The number of anilines is 1. The Morgan fingerprint density at radius 3 is 2.96 bits per heavy atom. The third-order valence-electron chi connectivity index (χ3n) is 4.14. The van der Waals surface area contributed by atoms with Crippen LogP contribution < -0.4 is 10.1 Å². The Hall–Kier alpha value is -2.34. The molecule has 1 aliphatic heterocycles. The second-order valence-electron chi connectivity index (χ2n) is 5.82. The molecular weight excluding hydrogens is 294 g/mol. The molecule has 6 nitrogen and oxygen atoms in total. The summed E-state index contributed by atoms with van der Waals surface area (Å²) in [7, 11) is 3.43. The SMILES string of the molecule is COc1cccc(-c2cc(NC(=O)[C@@H]3OCC[C@H]3C)n(C)n2)c1. The molecule has 0 spiro atoms. The van der Waals surface area contributed by atoms with Crippen molar-refractivity contribution >= 4 is 11.7 Å². The molecular formula is C17H21N3O3. The molecule has 0 bridgehead atoms. The summed E-state index contributed by atoms with van der Waals surface area (Å²) >= 11 is 0. The molecule has 6 heteroatoms. The molecule has 2 heterocycles. The van der Waals surface area contributed by atoms with E-state index in [1.165, 1.54) is 0 Å². The Labute approximate surface area is 135 Å². The summed E-state index contributed by atoms with van der Waals surface area (Å²) in [5.41, 5.74) is 1.72. The molecule has 3 rings (SSSR count). The highest BCUT2D eigenvalue weighted by atomic mass is 16.5. The van der Waals surface area contributed by atoms with E-state index in [1.54, 1.807) is 18.8 Å². The first kappa shape index (κ1) is 15.6. The van der Waals surface area contributed by atoms with E-state index in [0.29, 0.717) is 12.4 Å². The molecule has 0 unspecified atom stereocenters. The number of ether oxygens (including phenoxy) is 2. The van der Waals surface area contributed by atoms with E-state index < -0.39 is 0 Å². The number of rotatable bonds is 4. The highest BCUT2D eigenvalue weighted by Gasteiger charge is 2.31. The number of carbonyl (C=O) groups excluding carboxylic acids is 1. The zero-order valence-electron chi connectivity index (χ0n) is 13.6. The summed E-state index contributed by atoms with van der Waals surface area (Å²) in [6.07, 6.45) is 0.531. The van der Waals surface area contributed by atoms with Crippen molar-refractivity contribution in [2.75, 3.05) is 19.0 Å². The monoisotopic (exact) mass is 315 g/mol. The van der Waals surface area contributed by atoms with Crippen LogP contribution in [-0.2, 0) is 16.6 Å². The van der Waals surface area contributed by atoms with Crippen molar-refractivity contribution in [2.45, 2.75) is 19.4 Å². The summed E-state index contributed by atoms with van der Waals surface area (Å²) in [5.74, 6) is 1.54. The van der Waals surface area contributed by atoms with Crippen LogP contribution in [0.15, 0.2) is 30.3 Å². The van der Waals surface area contributed by atoms with E-state index in [4.69, 9.17) is 9.47 Å². The number of methoxy groups -OCH3 is 1. The molecule has 1 aromatic carbocycles. The predicted molar refractivity (Wildman–Crippen MR) is 87.3 cm³/mol. The zero-order valence-corrected chi connectivity index (χ0v) is 13.6. The van der Waals surface area contributed by atoms with Crippen LogP contribution in [0.1, 0.15) is 13.3 Å². The van der Waals surface area contributed by atoms with Crippen LogP contribution in [0.4, 0.5) is 5.82 Å². The fourth-order valence-electron chi connectivity index (χ4n) is 2.74. The van der Waals surface area contributed by atoms with E-state index in [0.717, 1.165) is 23.4 Å². The van der Waals surface area contributed by atoms with Crippen molar-refractivity contribution in [1.29, 1.82) is 0 Å². The third-order valence-corrected chi connectivity index (χ3v) is 4.14. The molecule has 2 atom stereocenters. The van der Waals surface area contributed by atoms with Crippen LogP contribution in [0, 0.1) is 5.92 Å². The summed E-state index contributed by atoms with van der Waals surface area (Å²) in [6.45, 7) is 2.67. The van der Waals surface area contributed by atoms with Crippen molar-refractivity contribution in [2.24, 2.45) is 13.0 Å². The van der Waals surface area contributed by atoms with Gasteiger partial charge in [-0.15, -0.1) is 0 Å². The van der Waals surface area contributed by atoms with Gasteiger partial charge >= 0.3 is 0 Å². The molecule has 0 radical (unpaired) electrons. The molecule has 1 aliphatic rings. The molecule has 1 fully saturated rings. The number of hydrogen-bond donors (Lipinski definition) is 1. The zero-order chi connectivity index (χ0) is 16.4. The Kier molecular flexibility index (Phi) is 4.34. The van der Waals surface area contributed by atoms with Crippen LogP contribution in [0.5, 0.6) is 5.75 Å². The number of benzene rings is 1. The molecule has 1 saturated heterocycles. The van der Waals surface area contributed by atoms with Gasteiger partial charge in [-0.2, -0.15) is 5.10 Å². The van der Waals surface area contributed by atoms with Crippen molar-refractivity contribution < 1.29 is 14.3 Å². The van der Waals surface area contributed by atoms with Crippen LogP contribution in [-0.4, -0.2) is 35.5 Å². The normalized spacial score (nSPS) is 20.5. The number of aryl methyl sites for hydroxylation is 1. The van der Waals surface area contributed by atoms with E-state index in [-0.39, 0.29) is 17.9 Å². The van der Waals surface area contributed by atoms with Gasteiger partial charge < -0.3 is 14.8 Å². The van der Waals surface area contributed by atoms with Gasteiger partial charge in [-0.3, -0.25) is 9.48 Å². The second kappa shape index (κ2) is 6.42. The number of hydrogen-bond acceptors (Lipinski definition) is 4. The molecule has 2 aromatic rings. The maximum Gasteiger partial charge on any atom is 0.254 e. The van der Waals surface area contributed by atoms with Gasteiger partial charge in [0.25, 0.3) is 5.91 Å². The van der Waals surface area contributed by atoms with E-state index in [9.17, 15) is 4.79 Å². The maximum absolute atomic E-state index is 12.3. The van der Waals surface area contributed by atoms with Gasteiger partial charge in [-0.05, 0) is 24.5 Å². The van der Waals surface area contributed by atoms with Gasteiger partial charge in [-0.25, -0.2) is 0 Å². The van der Waals surface area contributed by atoms with Crippen LogP contribution >= 0.6 is 0 Å². The van der Waals surface area contributed by atoms with Gasteiger partial charge in [0.1, 0.15) is 17.7 Å². The van der Waals surface area contributed by atoms with E-state index in [1.807, 2.05) is 37.3 Å². The molecule has 23 heavy (non-hydrogen) atoms. The van der Waals surface area contributed by atoms with Gasteiger partial charge in [0.05, 0.1) is 12.8 Å². The minimum absolute atomic E-state index is 0.116. The Bertz CT molecular complexity index is 711. The van der Waals surface area contributed by atoms with Crippen molar-refractivity contribution in [1.82, 2.24) is 9.78 Å². The van der Waals surface area contributed by atoms with Crippen LogP contribution in [0.2, 0.25) is 0 Å². The first-order valence-electron chi connectivity index (χ1n) is 7.69. The first-order chi connectivity index (χ1) is 11.1. The Balaban J connectivity index is 1.79. The van der Waals surface area contributed by atoms with Gasteiger partial charge in [0, 0.05) is 25.3 Å². The predicted octanol–water partition coefficient (Wildman–Crippen LogP) is 2.46. The number of amides is 1. The van der Waals surface area contributed by atoms with E-state index >= 15 is 0 Å². The number of carbonyl (C=O) groups is 1. The third kappa shape index (κ3) is 3.22. The summed E-state index contributed by atoms with van der Waals surface area (Å²) in [5, 5.41) is 7.37. The van der Waals surface area contributed by atoms with Crippen molar-refractivity contribution in [3.05, 3.63) is 30.3 Å². The van der Waals surface area contributed by atoms with E-state index in [2.05, 4.69) is 10.4 Å². The van der Waals surface area contributed by atoms with Crippen molar-refractivity contribution in [3.63, 3.8) is 0 Å². The maximum atomic E-state index is 12.3. The topological polar surface area (TPSA) is 65.4 Å². The minimum Gasteiger partial charge on any atom is -0.497 e. The highest BCUT2D eigenvalue weighted by Crippen LogP contribution is 2.26. The Morgan fingerprint density at radius 2 is 2.26 bits per heavy atom. The minimum atomic E-state index is -0.384. The number of nitrogens with one attached hydrogen (secondary N) is 1. The average molecular weight is 315 g/mol. The first-order valence-corrected chi connectivity index (χ1v) is 7.69. The second-order valence-corrected chi connectivity index (χ2v) is 5.82. The van der Waals surface area contributed by atoms with Crippen LogP contribution in [0.3, 0.4) is 0 Å². The average Bonchev–Trinajstić information content (AvgIpc) is 3.14. The smallest absolute Gasteiger partial charge is 0.254 e. The quantitative estimate of drug-likeness (QED) is 0.941. The highest BCUT2D eigenvalue weighted by molar-refractivity contribution is 5.94. The molecule has 1 aromatic heterocycles. The summed E-state index contributed by atoms with van der Waals surface area (Å²) in [4.78, 5) is 12.3. The summed E-state index contributed by atoms with van der Waals surface area (Å²) in [6, 6.07) is 9.52. The Morgan fingerprint density at radius 1 is 1.43 bits per heavy atom. The van der Waals surface area contributed by atoms with Gasteiger partial charge in [0.2, 0.25) is 0 Å². The lowest BCUT2D eigenvalue weighted by Crippen LogP contribution is -2.31. The van der Waals surface area contributed by atoms with Gasteiger partial charge in [0.15, 0.2) is 0 Å². The number of aromatic nitrogens is 2. The van der Waals surface area contributed by atoms with Crippen molar-refractivity contribution in [3.8, 4) is 17.0 Å². The fraction of sp³-hybridized carbons (Fsp3) is 0.412.